The summed E-state index contributed by atoms with van der Waals surface area (Å²) < 4.78 is 0. The summed E-state index contributed by atoms with van der Waals surface area (Å²) in [6, 6.07) is 0.255. The average Bonchev–Trinajstić information content (AvgIpc) is 2.33. The molecule has 0 radical (unpaired) electrons. The molecule has 3 heteroatoms. The van der Waals surface area contributed by atoms with Crippen molar-refractivity contribution in [2.24, 2.45) is 11.8 Å². The van der Waals surface area contributed by atoms with E-state index < -0.39 is 0 Å². The van der Waals surface area contributed by atoms with Gasteiger partial charge in [-0.25, -0.2) is 0 Å². The van der Waals surface area contributed by atoms with Gasteiger partial charge in [0.2, 0.25) is 5.91 Å². The molecule has 1 heterocycles. The Morgan fingerprint density at radius 2 is 2.17 bits per heavy atom. The van der Waals surface area contributed by atoms with Crippen molar-refractivity contribution in [3.63, 3.8) is 0 Å². The lowest BCUT2D eigenvalue weighted by Crippen LogP contribution is -2.38. The maximum Gasteiger partial charge on any atom is 0.224 e. The van der Waals surface area contributed by atoms with Crippen LogP contribution < -0.4 is 10.6 Å². The summed E-state index contributed by atoms with van der Waals surface area (Å²) in [6.45, 7) is 7.90. The highest BCUT2D eigenvalue weighted by atomic mass is 16.2. The zero-order valence-electron chi connectivity index (χ0n) is 8.05. The van der Waals surface area contributed by atoms with Gasteiger partial charge in [-0.3, -0.25) is 4.79 Å². The molecule has 2 atom stereocenters. The zero-order chi connectivity index (χ0) is 9.14. The molecule has 0 aromatic carbocycles. The third-order valence-corrected chi connectivity index (χ3v) is 2.29. The molecule has 2 unspecified atom stereocenters. The van der Waals surface area contributed by atoms with Crippen molar-refractivity contribution in [1.29, 1.82) is 0 Å². The van der Waals surface area contributed by atoms with Crippen molar-refractivity contribution in [2.75, 3.05) is 13.1 Å². The maximum atomic E-state index is 11.5. The molecule has 1 saturated heterocycles. The maximum absolute atomic E-state index is 11.5. The van der Waals surface area contributed by atoms with Gasteiger partial charge in [0, 0.05) is 12.6 Å². The van der Waals surface area contributed by atoms with Gasteiger partial charge in [0.05, 0.1) is 5.92 Å². The minimum absolute atomic E-state index is 0.174. The van der Waals surface area contributed by atoms with Crippen LogP contribution in [0, 0.1) is 11.8 Å². The van der Waals surface area contributed by atoms with E-state index in [0.717, 1.165) is 13.1 Å². The highest BCUT2D eigenvalue weighted by Gasteiger charge is 2.29. The molecule has 0 aromatic heterocycles. The molecule has 70 valence electrons. The second-order valence-corrected chi connectivity index (χ2v) is 3.91. The Morgan fingerprint density at radius 1 is 1.50 bits per heavy atom. The van der Waals surface area contributed by atoms with Gasteiger partial charge in [0.1, 0.15) is 0 Å². The molecular weight excluding hydrogens is 152 g/mol. The first-order valence-electron chi connectivity index (χ1n) is 4.62. The van der Waals surface area contributed by atoms with E-state index >= 15 is 0 Å². The lowest BCUT2D eigenvalue weighted by molar-refractivity contribution is -0.125. The first kappa shape index (κ1) is 9.52. The Labute approximate surface area is 73.9 Å². The number of carbonyl (C=O) groups excluding carboxylic acids is 1. The van der Waals surface area contributed by atoms with Crippen LogP contribution in [0.3, 0.4) is 0 Å². The van der Waals surface area contributed by atoms with Crippen LogP contribution in [-0.4, -0.2) is 25.0 Å². The number of hydrogen-bond acceptors (Lipinski definition) is 2. The van der Waals surface area contributed by atoms with Crippen LogP contribution in [0.1, 0.15) is 20.8 Å². The van der Waals surface area contributed by atoms with Gasteiger partial charge < -0.3 is 10.6 Å². The van der Waals surface area contributed by atoms with Crippen LogP contribution in [0.25, 0.3) is 0 Å². The molecule has 0 saturated carbocycles. The summed E-state index contributed by atoms with van der Waals surface area (Å²) in [6.07, 6.45) is 0. The Kier molecular flexibility index (Phi) is 3.09. The van der Waals surface area contributed by atoms with E-state index in [1.807, 2.05) is 13.8 Å². The molecule has 0 bridgehead atoms. The quantitative estimate of drug-likeness (QED) is 0.628. The van der Waals surface area contributed by atoms with Gasteiger partial charge in [-0.1, -0.05) is 6.92 Å². The lowest BCUT2D eigenvalue weighted by Gasteiger charge is -2.15. The SMILES string of the molecule is CC(C)NC(=O)C1CNCC1C. The van der Waals surface area contributed by atoms with E-state index in [4.69, 9.17) is 0 Å². The molecule has 2 N–H and O–H groups in total. The van der Waals surface area contributed by atoms with Crippen molar-refractivity contribution in [1.82, 2.24) is 10.6 Å². The number of amides is 1. The van der Waals surface area contributed by atoms with Crippen LogP contribution in [0.4, 0.5) is 0 Å². The second kappa shape index (κ2) is 3.90. The molecule has 1 rings (SSSR count). The number of nitrogens with one attached hydrogen (secondary N) is 2. The Hall–Kier alpha value is -0.570. The van der Waals surface area contributed by atoms with Crippen LogP contribution in [0.5, 0.6) is 0 Å². The van der Waals surface area contributed by atoms with Gasteiger partial charge in [0.25, 0.3) is 0 Å². The molecule has 3 nitrogen and oxygen atoms in total. The summed E-state index contributed by atoms with van der Waals surface area (Å²) in [7, 11) is 0. The smallest absolute Gasteiger partial charge is 0.224 e. The van der Waals surface area contributed by atoms with Crippen LogP contribution >= 0.6 is 0 Å². The molecule has 0 aromatic rings. The predicted molar refractivity (Wildman–Crippen MR) is 48.8 cm³/mol. The van der Waals surface area contributed by atoms with E-state index in [1.165, 1.54) is 0 Å². The van der Waals surface area contributed by atoms with Gasteiger partial charge in [-0.05, 0) is 26.3 Å². The Morgan fingerprint density at radius 3 is 2.58 bits per heavy atom. The summed E-state index contributed by atoms with van der Waals surface area (Å²) in [4.78, 5) is 11.5. The average molecular weight is 170 g/mol. The molecular formula is C9H18N2O. The monoisotopic (exact) mass is 170 g/mol. The largest absolute Gasteiger partial charge is 0.354 e. The minimum Gasteiger partial charge on any atom is -0.354 e. The van der Waals surface area contributed by atoms with Crippen molar-refractivity contribution >= 4 is 5.91 Å². The van der Waals surface area contributed by atoms with Gasteiger partial charge in [-0.15, -0.1) is 0 Å². The third kappa shape index (κ3) is 2.21. The van der Waals surface area contributed by atoms with Gasteiger partial charge in [-0.2, -0.15) is 0 Å². The van der Waals surface area contributed by atoms with Crippen molar-refractivity contribution in [3.05, 3.63) is 0 Å². The first-order chi connectivity index (χ1) is 5.61. The molecule has 1 aliphatic rings. The van der Waals surface area contributed by atoms with Gasteiger partial charge >= 0.3 is 0 Å². The van der Waals surface area contributed by atoms with E-state index in [1.54, 1.807) is 0 Å². The minimum atomic E-state index is 0.174. The van der Waals surface area contributed by atoms with Crippen LogP contribution in [-0.2, 0) is 4.79 Å². The Balaban J connectivity index is 2.41. The molecule has 1 fully saturated rings. The fraction of sp³-hybridized carbons (Fsp3) is 0.889. The van der Waals surface area contributed by atoms with E-state index in [-0.39, 0.29) is 17.9 Å². The van der Waals surface area contributed by atoms with E-state index in [9.17, 15) is 4.79 Å². The zero-order valence-corrected chi connectivity index (χ0v) is 8.05. The highest BCUT2D eigenvalue weighted by Crippen LogP contribution is 2.15. The topological polar surface area (TPSA) is 41.1 Å². The summed E-state index contributed by atoms with van der Waals surface area (Å²) >= 11 is 0. The van der Waals surface area contributed by atoms with Crippen LogP contribution in [0.2, 0.25) is 0 Å². The fourth-order valence-corrected chi connectivity index (χ4v) is 1.55. The summed E-state index contributed by atoms with van der Waals surface area (Å²) in [5, 5.41) is 6.15. The molecule has 1 aliphatic heterocycles. The summed E-state index contributed by atoms with van der Waals surface area (Å²) in [5.41, 5.74) is 0. The van der Waals surface area contributed by atoms with E-state index in [2.05, 4.69) is 17.6 Å². The molecule has 12 heavy (non-hydrogen) atoms. The third-order valence-electron chi connectivity index (χ3n) is 2.29. The Bertz CT molecular complexity index is 168. The molecule has 1 amide bonds. The normalized spacial score (nSPS) is 29.3. The molecule has 0 spiro atoms. The number of rotatable bonds is 2. The highest BCUT2D eigenvalue weighted by molar-refractivity contribution is 5.79. The number of carbonyl (C=O) groups is 1. The summed E-state index contributed by atoms with van der Waals surface area (Å²) in [5.74, 6) is 0.846. The fourth-order valence-electron chi connectivity index (χ4n) is 1.55. The standard InChI is InChI=1S/C9H18N2O/c1-6(2)11-9(12)8-5-10-4-7(8)3/h6-8,10H,4-5H2,1-3H3,(H,11,12). The van der Waals surface area contributed by atoms with Crippen molar-refractivity contribution in [3.8, 4) is 0 Å². The lowest BCUT2D eigenvalue weighted by atomic mass is 9.97. The first-order valence-corrected chi connectivity index (χ1v) is 4.62. The van der Waals surface area contributed by atoms with Crippen molar-refractivity contribution in [2.45, 2.75) is 26.8 Å². The van der Waals surface area contributed by atoms with Gasteiger partial charge in [0.15, 0.2) is 0 Å². The predicted octanol–water partition coefficient (Wildman–Crippen LogP) is 0.366. The van der Waals surface area contributed by atoms with Crippen molar-refractivity contribution < 1.29 is 4.79 Å². The van der Waals surface area contributed by atoms with Crippen LogP contribution in [0.15, 0.2) is 0 Å². The number of hydrogen-bond donors (Lipinski definition) is 2. The second-order valence-electron chi connectivity index (χ2n) is 3.91. The van der Waals surface area contributed by atoms with E-state index in [0.29, 0.717) is 5.92 Å². The molecule has 0 aliphatic carbocycles.